The van der Waals surface area contributed by atoms with E-state index in [0.29, 0.717) is 23.5 Å². The fourth-order valence-electron chi connectivity index (χ4n) is 3.39. The first-order chi connectivity index (χ1) is 12.7. The van der Waals surface area contributed by atoms with Crippen LogP contribution < -0.4 is 14.8 Å². The Morgan fingerprint density at radius 3 is 2.74 bits per heavy atom. The lowest BCUT2D eigenvalue weighted by Gasteiger charge is -2.38. The predicted molar refractivity (Wildman–Crippen MR) is 100 cm³/mol. The Hall–Kier alpha value is -3.09. The molecule has 7 nitrogen and oxygen atoms in total. The second-order valence-corrected chi connectivity index (χ2v) is 7.20. The molecule has 1 aliphatic rings. The average Bonchev–Trinajstić information content (AvgIpc) is 2.60. The number of nitrogens with one attached hydrogen (secondary N) is 1. The Morgan fingerprint density at radius 1 is 1.33 bits per heavy atom. The van der Waals surface area contributed by atoms with E-state index in [9.17, 15) is 14.9 Å². The minimum absolute atomic E-state index is 0.0722. The van der Waals surface area contributed by atoms with Crippen LogP contribution in [0.4, 0.5) is 5.69 Å². The Bertz CT molecular complexity index is 907. The lowest BCUT2D eigenvalue weighted by molar-refractivity contribution is -0.385. The van der Waals surface area contributed by atoms with Gasteiger partial charge in [-0.05, 0) is 45.0 Å². The number of hydrogen-bond donors (Lipinski definition) is 1. The van der Waals surface area contributed by atoms with Crippen molar-refractivity contribution in [3.8, 4) is 11.5 Å². The first-order valence-corrected chi connectivity index (χ1v) is 8.63. The van der Waals surface area contributed by atoms with E-state index in [1.807, 2.05) is 32.0 Å². The summed E-state index contributed by atoms with van der Waals surface area (Å²) in [7, 11) is 1.58. The van der Waals surface area contributed by atoms with Gasteiger partial charge in [-0.1, -0.05) is 6.07 Å². The molecule has 1 N–H and O–H groups in total. The molecule has 1 unspecified atom stereocenters. The topological polar surface area (TPSA) is 90.7 Å². The van der Waals surface area contributed by atoms with Gasteiger partial charge >= 0.3 is 0 Å². The van der Waals surface area contributed by atoms with Crippen LogP contribution in [0.2, 0.25) is 0 Å². The summed E-state index contributed by atoms with van der Waals surface area (Å²) in [5.74, 6) is 1.00. The van der Waals surface area contributed by atoms with Gasteiger partial charge in [0.25, 0.3) is 11.6 Å². The number of carbonyl (C=O) groups excluding carboxylic acids is 1. The Balaban J connectivity index is 1.95. The third-order valence-corrected chi connectivity index (χ3v) is 4.73. The van der Waals surface area contributed by atoms with Crippen molar-refractivity contribution in [3.63, 3.8) is 0 Å². The quantitative estimate of drug-likeness (QED) is 0.650. The molecule has 1 heterocycles. The number of amides is 1. The lowest BCUT2D eigenvalue weighted by Crippen LogP contribution is -2.41. The summed E-state index contributed by atoms with van der Waals surface area (Å²) >= 11 is 0. The number of hydrogen-bond acceptors (Lipinski definition) is 5. The van der Waals surface area contributed by atoms with Gasteiger partial charge in [0.1, 0.15) is 17.1 Å². The van der Waals surface area contributed by atoms with Crippen molar-refractivity contribution in [2.45, 2.75) is 38.8 Å². The standard InChI is InChI=1S/C20H22N2O5/c1-12-14(6-5-7-17(12)22(24)25)19(23)21-16-11-20(2,3)27-18-9-8-13(26-4)10-15(16)18/h5-10,16H,11H2,1-4H3,(H,21,23). The number of nitrogens with zero attached hydrogens (tertiary/aromatic N) is 1. The number of methoxy groups -OCH3 is 1. The molecule has 142 valence electrons. The molecule has 0 aliphatic carbocycles. The van der Waals surface area contributed by atoms with Crippen LogP contribution in [0.15, 0.2) is 36.4 Å². The van der Waals surface area contributed by atoms with Crippen LogP contribution in [-0.4, -0.2) is 23.5 Å². The molecular formula is C20H22N2O5. The number of nitro groups is 1. The maximum absolute atomic E-state index is 12.9. The van der Waals surface area contributed by atoms with E-state index in [1.54, 1.807) is 20.1 Å². The molecule has 0 radical (unpaired) electrons. The van der Waals surface area contributed by atoms with Crippen molar-refractivity contribution in [1.29, 1.82) is 0 Å². The summed E-state index contributed by atoms with van der Waals surface area (Å²) in [4.78, 5) is 23.5. The SMILES string of the molecule is COc1ccc2c(c1)C(NC(=O)c1cccc([N+](=O)[O-])c1C)CC(C)(C)O2. The van der Waals surface area contributed by atoms with Gasteiger partial charge in [0, 0.05) is 29.2 Å². The minimum Gasteiger partial charge on any atom is -0.497 e. The third-order valence-electron chi connectivity index (χ3n) is 4.73. The summed E-state index contributed by atoms with van der Waals surface area (Å²) in [6.07, 6.45) is 0.562. The number of benzene rings is 2. The summed E-state index contributed by atoms with van der Waals surface area (Å²) in [5.41, 5.74) is 0.925. The van der Waals surface area contributed by atoms with E-state index in [0.717, 1.165) is 5.56 Å². The number of fused-ring (bicyclic) bond motifs is 1. The third kappa shape index (κ3) is 3.72. The summed E-state index contributed by atoms with van der Waals surface area (Å²) in [6.45, 7) is 5.49. The highest BCUT2D eigenvalue weighted by Gasteiger charge is 2.35. The van der Waals surface area contributed by atoms with Gasteiger partial charge in [0.05, 0.1) is 18.1 Å². The van der Waals surface area contributed by atoms with E-state index >= 15 is 0 Å². The zero-order chi connectivity index (χ0) is 19.8. The molecular weight excluding hydrogens is 348 g/mol. The van der Waals surface area contributed by atoms with Crippen LogP contribution in [0, 0.1) is 17.0 Å². The fraction of sp³-hybridized carbons (Fsp3) is 0.350. The van der Waals surface area contributed by atoms with Gasteiger partial charge in [-0.2, -0.15) is 0 Å². The normalized spacial score (nSPS) is 17.4. The van der Waals surface area contributed by atoms with Gasteiger partial charge in [0.2, 0.25) is 0 Å². The van der Waals surface area contributed by atoms with Gasteiger partial charge in [-0.3, -0.25) is 14.9 Å². The maximum Gasteiger partial charge on any atom is 0.273 e. The number of rotatable bonds is 4. The molecule has 2 aromatic rings. The predicted octanol–water partition coefficient (Wildman–Crippen LogP) is 3.94. The summed E-state index contributed by atoms with van der Waals surface area (Å²) < 4.78 is 11.3. The molecule has 0 spiro atoms. The van der Waals surface area contributed by atoms with Crippen molar-refractivity contribution >= 4 is 11.6 Å². The van der Waals surface area contributed by atoms with Crippen molar-refractivity contribution < 1.29 is 19.2 Å². The van der Waals surface area contributed by atoms with Crippen molar-refractivity contribution in [2.75, 3.05) is 7.11 Å². The zero-order valence-corrected chi connectivity index (χ0v) is 15.7. The first-order valence-electron chi connectivity index (χ1n) is 8.63. The minimum atomic E-state index is -0.482. The molecule has 0 saturated heterocycles. The van der Waals surface area contributed by atoms with Crippen molar-refractivity contribution in [2.24, 2.45) is 0 Å². The number of nitro benzene ring substituents is 1. The molecule has 0 saturated carbocycles. The van der Waals surface area contributed by atoms with Gasteiger partial charge < -0.3 is 14.8 Å². The number of ether oxygens (including phenoxy) is 2. The van der Waals surface area contributed by atoms with Gasteiger partial charge in [0.15, 0.2) is 0 Å². The largest absolute Gasteiger partial charge is 0.497 e. The molecule has 0 bridgehead atoms. The van der Waals surface area contributed by atoms with E-state index in [1.165, 1.54) is 12.1 Å². The van der Waals surface area contributed by atoms with Gasteiger partial charge in [-0.15, -0.1) is 0 Å². The van der Waals surface area contributed by atoms with E-state index < -0.39 is 10.5 Å². The molecule has 7 heteroatoms. The summed E-state index contributed by atoms with van der Waals surface area (Å²) in [5, 5.41) is 14.2. The molecule has 0 fully saturated rings. The fourth-order valence-corrected chi connectivity index (χ4v) is 3.39. The molecule has 1 atom stereocenters. The van der Waals surface area contributed by atoms with Crippen molar-refractivity contribution in [1.82, 2.24) is 5.32 Å². The van der Waals surface area contributed by atoms with E-state index in [2.05, 4.69) is 5.32 Å². The second kappa shape index (κ2) is 6.90. The molecule has 1 aliphatic heterocycles. The zero-order valence-electron chi connectivity index (χ0n) is 15.7. The van der Waals surface area contributed by atoms with Crippen LogP contribution in [0.3, 0.4) is 0 Å². The molecule has 27 heavy (non-hydrogen) atoms. The highest BCUT2D eigenvalue weighted by atomic mass is 16.6. The highest BCUT2D eigenvalue weighted by Crippen LogP contribution is 2.41. The summed E-state index contributed by atoms with van der Waals surface area (Å²) in [6, 6.07) is 9.68. The smallest absolute Gasteiger partial charge is 0.273 e. The Labute approximate surface area is 157 Å². The van der Waals surface area contributed by atoms with Crippen LogP contribution in [0.1, 0.15) is 47.8 Å². The second-order valence-electron chi connectivity index (χ2n) is 7.20. The van der Waals surface area contributed by atoms with Crippen LogP contribution >= 0.6 is 0 Å². The maximum atomic E-state index is 12.9. The molecule has 0 aromatic heterocycles. The number of carbonyl (C=O) groups is 1. The van der Waals surface area contributed by atoms with E-state index in [-0.39, 0.29) is 23.2 Å². The van der Waals surface area contributed by atoms with Crippen LogP contribution in [0.5, 0.6) is 11.5 Å². The molecule has 2 aromatic carbocycles. The average molecular weight is 370 g/mol. The van der Waals surface area contributed by atoms with Crippen LogP contribution in [-0.2, 0) is 0 Å². The van der Waals surface area contributed by atoms with Gasteiger partial charge in [-0.25, -0.2) is 0 Å². The lowest BCUT2D eigenvalue weighted by atomic mass is 9.89. The monoisotopic (exact) mass is 370 g/mol. The molecule has 3 rings (SSSR count). The first kappa shape index (κ1) is 18.7. The van der Waals surface area contributed by atoms with E-state index in [4.69, 9.17) is 9.47 Å². The van der Waals surface area contributed by atoms with Crippen molar-refractivity contribution in [3.05, 3.63) is 63.2 Å². The molecule has 1 amide bonds. The highest BCUT2D eigenvalue weighted by molar-refractivity contribution is 5.96. The Morgan fingerprint density at radius 2 is 2.07 bits per heavy atom. The van der Waals surface area contributed by atoms with Crippen LogP contribution in [0.25, 0.3) is 0 Å². The Kier molecular flexibility index (Phi) is 4.78.